The highest BCUT2D eigenvalue weighted by atomic mass is 79.9. The Morgan fingerprint density at radius 2 is 2.18 bits per heavy atom. The van der Waals surface area contributed by atoms with E-state index in [2.05, 4.69) is 26.2 Å². The summed E-state index contributed by atoms with van der Waals surface area (Å²) < 4.78 is 0.912. The number of carbonyl (C=O) groups excluding carboxylic acids is 1. The second kappa shape index (κ2) is 7.27. The summed E-state index contributed by atoms with van der Waals surface area (Å²) in [6, 6.07) is 3.78. The number of hydrogen-bond donors (Lipinski definition) is 1. The number of nitrogens with one attached hydrogen (secondary N) is 1. The van der Waals surface area contributed by atoms with Crippen LogP contribution in [0, 0.1) is 0 Å². The molecule has 1 amide bonds. The molecule has 0 saturated heterocycles. The molecule has 0 spiro atoms. The van der Waals surface area contributed by atoms with Crippen LogP contribution in [0.4, 0.5) is 5.82 Å². The minimum absolute atomic E-state index is 0.176. The molecule has 4 nitrogen and oxygen atoms in total. The lowest BCUT2D eigenvalue weighted by atomic mass is 10.3. The molecule has 0 saturated carbocycles. The van der Waals surface area contributed by atoms with Crippen LogP contribution in [0.1, 0.15) is 20.3 Å². The number of rotatable bonds is 6. The van der Waals surface area contributed by atoms with Gasteiger partial charge in [-0.2, -0.15) is 0 Å². The quantitative estimate of drug-likeness (QED) is 0.878. The van der Waals surface area contributed by atoms with Gasteiger partial charge in [-0.05, 0) is 41.9 Å². The van der Waals surface area contributed by atoms with E-state index < -0.39 is 0 Å². The molecule has 0 aromatic carbocycles. The van der Waals surface area contributed by atoms with Crippen molar-refractivity contribution in [3.63, 3.8) is 0 Å². The predicted octanol–water partition coefficient (Wildman–Crippen LogP) is 2.51. The van der Waals surface area contributed by atoms with Gasteiger partial charge in [0, 0.05) is 32.3 Å². The third-order valence-corrected chi connectivity index (χ3v) is 3.15. The SMILES string of the molecule is CCN(CC)C(=O)CCNc1ncccc1Br. The average molecular weight is 300 g/mol. The molecule has 0 bridgehead atoms. The van der Waals surface area contributed by atoms with E-state index in [0.717, 1.165) is 23.4 Å². The molecule has 0 aliphatic rings. The molecule has 0 unspecified atom stereocenters. The number of nitrogens with zero attached hydrogens (tertiary/aromatic N) is 2. The van der Waals surface area contributed by atoms with E-state index in [0.29, 0.717) is 13.0 Å². The topological polar surface area (TPSA) is 45.2 Å². The lowest BCUT2D eigenvalue weighted by molar-refractivity contribution is -0.130. The Bertz CT molecular complexity index is 367. The second-order valence-corrected chi connectivity index (χ2v) is 4.43. The molecule has 5 heteroatoms. The largest absolute Gasteiger partial charge is 0.369 e. The molecular formula is C12H18BrN3O. The first kappa shape index (κ1) is 14.0. The van der Waals surface area contributed by atoms with E-state index in [4.69, 9.17) is 0 Å². The van der Waals surface area contributed by atoms with E-state index in [9.17, 15) is 4.79 Å². The smallest absolute Gasteiger partial charge is 0.224 e. The molecule has 0 aliphatic carbocycles. The maximum absolute atomic E-state index is 11.7. The molecule has 0 radical (unpaired) electrons. The summed E-state index contributed by atoms with van der Waals surface area (Å²) >= 11 is 3.40. The zero-order valence-corrected chi connectivity index (χ0v) is 11.8. The van der Waals surface area contributed by atoms with Gasteiger partial charge in [-0.15, -0.1) is 0 Å². The number of anilines is 1. The van der Waals surface area contributed by atoms with Crippen molar-refractivity contribution in [1.82, 2.24) is 9.88 Å². The van der Waals surface area contributed by atoms with Crippen molar-refractivity contribution in [2.75, 3.05) is 25.0 Å². The molecule has 1 aromatic heterocycles. The second-order valence-electron chi connectivity index (χ2n) is 3.58. The first-order valence-electron chi connectivity index (χ1n) is 5.81. The highest BCUT2D eigenvalue weighted by Gasteiger charge is 2.08. The maximum atomic E-state index is 11.7. The van der Waals surface area contributed by atoms with Gasteiger partial charge in [0.25, 0.3) is 0 Å². The van der Waals surface area contributed by atoms with Crippen LogP contribution in [0.5, 0.6) is 0 Å². The number of amides is 1. The fourth-order valence-corrected chi connectivity index (χ4v) is 1.93. The van der Waals surface area contributed by atoms with E-state index in [1.807, 2.05) is 30.9 Å². The van der Waals surface area contributed by atoms with Gasteiger partial charge in [0.2, 0.25) is 5.91 Å². The van der Waals surface area contributed by atoms with Crippen LogP contribution in [-0.4, -0.2) is 35.4 Å². The van der Waals surface area contributed by atoms with Gasteiger partial charge in [-0.3, -0.25) is 4.79 Å². The summed E-state index contributed by atoms with van der Waals surface area (Å²) in [5, 5.41) is 3.14. The van der Waals surface area contributed by atoms with Crippen molar-refractivity contribution in [3.05, 3.63) is 22.8 Å². The van der Waals surface area contributed by atoms with E-state index >= 15 is 0 Å². The highest BCUT2D eigenvalue weighted by Crippen LogP contribution is 2.17. The van der Waals surface area contributed by atoms with Gasteiger partial charge in [-0.25, -0.2) is 4.98 Å². The van der Waals surface area contributed by atoms with Crippen LogP contribution in [0.2, 0.25) is 0 Å². The van der Waals surface area contributed by atoms with Gasteiger partial charge >= 0.3 is 0 Å². The van der Waals surface area contributed by atoms with Crippen LogP contribution in [0.25, 0.3) is 0 Å². The van der Waals surface area contributed by atoms with Crippen LogP contribution in [-0.2, 0) is 4.79 Å². The maximum Gasteiger partial charge on any atom is 0.224 e. The average Bonchev–Trinajstić information content (AvgIpc) is 2.33. The van der Waals surface area contributed by atoms with E-state index in [1.54, 1.807) is 6.20 Å². The van der Waals surface area contributed by atoms with Gasteiger partial charge < -0.3 is 10.2 Å². The highest BCUT2D eigenvalue weighted by molar-refractivity contribution is 9.10. The minimum atomic E-state index is 0.176. The van der Waals surface area contributed by atoms with E-state index in [-0.39, 0.29) is 5.91 Å². The number of carbonyl (C=O) groups is 1. The summed E-state index contributed by atoms with van der Waals surface area (Å²) in [5.74, 6) is 0.953. The van der Waals surface area contributed by atoms with E-state index in [1.165, 1.54) is 0 Å². The van der Waals surface area contributed by atoms with Crippen LogP contribution in [0.15, 0.2) is 22.8 Å². The third kappa shape index (κ3) is 4.34. The molecule has 17 heavy (non-hydrogen) atoms. The van der Waals surface area contributed by atoms with Gasteiger partial charge in [0.1, 0.15) is 5.82 Å². The standard InChI is InChI=1S/C12H18BrN3O/c1-3-16(4-2)11(17)7-9-15-12-10(13)6-5-8-14-12/h5-6,8H,3-4,7,9H2,1-2H3,(H,14,15). The summed E-state index contributed by atoms with van der Waals surface area (Å²) in [4.78, 5) is 17.7. The Hall–Kier alpha value is -1.10. The summed E-state index contributed by atoms with van der Waals surface area (Å²) in [6.07, 6.45) is 2.21. The Morgan fingerprint density at radius 1 is 1.47 bits per heavy atom. The van der Waals surface area contributed by atoms with Crippen molar-refractivity contribution < 1.29 is 4.79 Å². The fraction of sp³-hybridized carbons (Fsp3) is 0.500. The molecule has 1 heterocycles. The Kier molecular flexibility index (Phi) is 5.97. The molecule has 1 N–H and O–H groups in total. The Morgan fingerprint density at radius 3 is 2.76 bits per heavy atom. The van der Waals surface area contributed by atoms with Crippen LogP contribution >= 0.6 is 15.9 Å². The number of pyridine rings is 1. The molecular weight excluding hydrogens is 282 g/mol. The Balaban J connectivity index is 2.38. The summed E-state index contributed by atoms with van der Waals surface area (Å²) in [5.41, 5.74) is 0. The van der Waals surface area contributed by atoms with Crippen molar-refractivity contribution in [3.8, 4) is 0 Å². The van der Waals surface area contributed by atoms with Gasteiger partial charge in [-0.1, -0.05) is 0 Å². The van der Waals surface area contributed by atoms with Crippen molar-refractivity contribution in [2.45, 2.75) is 20.3 Å². The van der Waals surface area contributed by atoms with Crippen LogP contribution < -0.4 is 5.32 Å². The molecule has 0 fully saturated rings. The van der Waals surface area contributed by atoms with Gasteiger partial charge in [0.05, 0.1) is 4.47 Å². The molecule has 1 rings (SSSR count). The molecule has 0 atom stereocenters. The summed E-state index contributed by atoms with van der Waals surface area (Å²) in [7, 11) is 0. The van der Waals surface area contributed by atoms with Crippen LogP contribution in [0.3, 0.4) is 0 Å². The lowest BCUT2D eigenvalue weighted by Crippen LogP contribution is -2.31. The third-order valence-electron chi connectivity index (χ3n) is 2.51. The summed E-state index contributed by atoms with van der Waals surface area (Å²) in [6.45, 7) is 6.12. The van der Waals surface area contributed by atoms with Crippen molar-refractivity contribution >= 4 is 27.7 Å². The normalized spacial score (nSPS) is 10.1. The molecule has 1 aromatic rings. The lowest BCUT2D eigenvalue weighted by Gasteiger charge is -2.18. The zero-order chi connectivity index (χ0) is 12.7. The number of halogens is 1. The molecule has 0 aliphatic heterocycles. The van der Waals surface area contributed by atoms with Crippen molar-refractivity contribution in [1.29, 1.82) is 0 Å². The monoisotopic (exact) mass is 299 g/mol. The predicted molar refractivity (Wildman–Crippen MR) is 73.0 cm³/mol. The minimum Gasteiger partial charge on any atom is -0.369 e. The number of aromatic nitrogens is 1. The Labute approximate surface area is 111 Å². The first-order valence-corrected chi connectivity index (χ1v) is 6.60. The fourth-order valence-electron chi connectivity index (χ4n) is 1.54. The first-order chi connectivity index (χ1) is 8.19. The van der Waals surface area contributed by atoms with Gasteiger partial charge in [0.15, 0.2) is 0 Å². The van der Waals surface area contributed by atoms with Crippen molar-refractivity contribution in [2.24, 2.45) is 0 Å². The molecule has 94 valence electrons. The zero-order valence-electron chi connectivity index (χ0n) is 10.2. The number of hydrogen-bond acceptors (Lipinski definition) is 3.